The van der Waals surface area contributed by atoms with Gasteiger partial charge in [-0.15, -0.1) is 0 Å². The van der Waals surface area contributed by atoms with Crippen LogP contribution in [0.2, 0.25) is 5.02 Å². The first kappa shape index (κ1) is 15.6. The molecule has 0 unspecified atom stereocenters. The summed E-state index contributed by atoms with van der Waals surface area (Å²) in [5, 5.41) is 2.35. The molecule has 0 aliphatic carbocycles. The fourth-order valence-corrected chi connectivity index (χ4v) is 1.51. The van der Waals surface area contributed by atoms with Crippen LogP contribution in [0.3, 0.4) is 0 Å². The van der Waals surface area contributed by atoms with Crippen molar-refractivity contribution in [2.24, 2.45) is 0 Å². The number of hydrogen-bond donors (Lipinski definition) is 1. The lowest BCUT2D eigenvalue weighted by molar-refractivity contribution is 0.0926. The third kappa shape index (κ3) is 4.96. The van der Waals surface area contributed by atoms with Gasteiger partial charge in [0.2, 0.25) is 0 Å². The van der Waals surface area contributed by atoms with E-state index in [1.54, 1.807) is 0 Å². The van der Waals surface area contributed by atoms with Crippen LogP contribution < -0.4 is 5.32 Å². The van der Waals surface area contributed by atoms with Crippen LogP contribution in [0.1, 0.15) is 17.3 Å². The minimum Gasteiger partial charge on any atom is -0.375 e. The van der Waals surface area contributed by atoms with Crippen molar-refractivity contribution in [3.63, 3.8) is 0 Å². The molecule has 104 valence electrons. The molecule has 0 radical (unpaired) electrons. The number of rotatable bonds is 6. The third-order valence-electron chi connectivity index (χ3n) is 2.14. The van der Waals surface area contributed by atoms with E-state index in [4.69, 9.17) is 16.3 Å². The van der Waals surface area contributed by atoms with Crippen molar-refractivity contribution in [3.8, 4) is 0 Å². The average Bonchev–Trinajstić information content (AvgIpc) is 2.32. The largest absolute Gasteiger partial charge is 0.375 e. The lowest BCUT2D eigenvalue weighted by atomic mass is 10.2. The van der Waals surface area contributed by atoms with Crippen LogP contribution in [0, 0.1) is 11.6 Å². The molecule has 0 aliphatic rings. The molecule has 0 aliphatic heterocycles. The number of halogens is 3. The van der Waals surface area contributed by atoms with Crippen molar-refractivity contribution in [2.75, 3.05) is 19.8 Å². The Kier molecular flexibility index (Phi) is 5.92. The molecule has 0 atom stereocenters. The van der Waals surface area contributed by atoms with E-state index in [0.29, 0.717) is 13.2 Å². The lowest BCUT2D eigenvalue weighted by Crippen LogP contribution is -2.27. The van der Waals surface area contributed by atoms with Crippen LogP contribution in [-0.4, -0.2) is 25.7 Å². The van der Waals surface area contributed by atoms with Crippen molar-refractivity contribution in [1.82, 2.24) is 5.32 Å². The van der Waals surface area contributed by atoms with Gasteiger partial charge in [0.05, 0.1) is 23.8 Å². The topological polar surface area (TPSA) is 38.3 Å². The molecule has 3 nitrogen and oxygen atoms in total. The average molecular weight is 290 g/mol. The Morgan fingerprint density at radius 2 is 2.05 bits per heavy atom. The SMILES string of the molecule is C=C(C)COCCNC(=O)c1cc(F)c(F)cc1Cl. The predicted molar refractivity (Wildman–Crippen MR) is 69.3 cm³/mol. The van der Waals surface area contributed by atoms with Gasteiger partial charge in [-0.25, -0.2) is 8.78 Å². The van der Waals surface area contributed by atoms with E-state index >= 15 is 0 Å². The summed E-state index contributed by atoms with van der Waals surface area (Å²) in [4.78, 5) is 11.7. The molecule has 19 heavy (non-hydrogen) atoms. The Labute approximate surface area is 115 Å². The lowest BCUT2D eigenvalue weighted by Gasteiger charge is -2.08. The molecule has 1 rings (SSSR count). The number of carbonyl (C=O) groups excluding carboxylic acids is 1. The van der Waals surface area contributed by atoms with E-state index < -0.39 is 17.5 Å². The van der Waals surface area contributed by atoms with Crippen molar-refractivity contribution in [2.45, 2.75) is 6.92 Å². The Balaban J connectivity index is 2.50. The molecule has 1 amide bonds. The zero-order valence-electron chi connectivity index (χ0n) is 10.4. The monoisotopic (exact) mass is 289 g/mol. The molecule has 1 aromatic rings. The number of benzene rings is 1. The maximum Gasteiger partial charge on any atom is 0.252 e. The fraction of sp³-hybridized carbons (Fsp3) is 0.308. The van der Waals surface area contributed by atoms with Crippen LogP contribution >= 0.6 is 11.6 Å². The van der Waals surface area contributed by atoms with Crippen molar-refractivity contribution < 1.29 is 18.3 Å². The van der Waals surface area contributed by atoms with Gasteiger partial charge in [0, 0.05) is 6.54 Å². The van der Waals surface area contributed by atoms with Gasteiger partial charge in [-0.1, -0.05) is 23.8 Å². The number of hydrogen-bond acceptors (Lipinski definition) is 2. The van der Waals surface area contributed by atoms with Gasteiger partial charge < -0.3 is 10.1 Å². The van der Waals surface area contributed by atoms with Gasteiger partial charge in [-0.3, -0.25) is 4.79 Å². The summed E-state index contributed by atoms with van der Waals surface area (Å²) < 4.78 is 31.0. The first-order valence-corrected chi connectivity index (χ1v) is 5.94. The standard InChI is InChI=1S/C13H14ClF2NO2/c1-8(2)7-19-4-3-17-13(18)9-5-11(15)12(16)6-10(9)14/h5-6H,1,3-4,7H2,2H3,(H,17,18). The maximum absolute atomic E-state index is 13.0. The number of carbonyl (C=O) groups is 1. The Bertz CT molecular complexity index is 492. The molecule has 0 aromatic heterocycles. The summed E-state index contributed by atoms with van der Waals surface area (Å²) in [5.74, 6) is -2.79. The predicted octanol–water partition coefficient (Wildman–Crippen LogP) is 2.94. The van der Waals surface area contributed by atoms with Gasteiger partial charge in [-0.05, 0) is 19.1 Å². The second kappa shape index (κ2) is 7.21. The Hall–Kier alpha value is -1.46. The molecule has 1 aromatic carbocycles. The Morgan fingerprint density at radius 1 is 1.42 bits per heavy atom. The van der Waals surface area contributed by atoms with Crippen molar-refractivity contribution >= 4 is 17.5 Å². The van der Waals surface area contributed by atoms with Crippen LogP contribution in [0.15, 0.2) is 24.3 Å². The van der Waals surface area contributed by atoms with Crippen molar-refractivity contribution in [3.05, 3.63) is 46.5 Å². The van der Waals surface area contributed by atoms with E-state index in [9.17, 15) is 13.6 Å². The van der Waals surface area contributed by atoms with E-state index in [2.05, 4.69) is 11.9 Å². The van der Waals surface area contributed by atoms with Gasteiger partial charge in [0.15, 0.2) is 11.6 Å². The molecule has 0 bridgehead atoms. The van der Waals surface area contributed by atoms with Gasteiger partial charge in [0.25, 0.3) is 5.91 Å². The summed E-state index contributed by atoms with van der Waals surface area (Å²) in [6, 6.07) is 1.53. The van der Waals surface area contributed by atoms with Crippen LogP contribution in [0.4, 0.5) is 8.78 Å². The smallest absolute Gasteiger partial charge is 0.252 e. The zero-order chi connectivity index (χ0) is 14.4. The highest BCUT2D eigenvalue weighted by atomic mass is 35.5. The molecule has 1 N–H and O–H groups in total. The molecule has 0 saturated heterocycles. The van der Waals surface area contributed by atoms with Crippen LogP contribution in [-0.2, 0) is 4.74 Å². The van der Waals surface area contributed by atoms with E-state index in [1.165, 1.54) is 0 Å². The molecular formula is C13H14ClF2NO2. The molecule has 0 heterocycles. The number of ether oxygens (including phenoxy) is 1. The van der Waals surface area contributed by atoms with Gasteiger partial charge in [0.1, 0.15) is 0 Å². The Morgan fingerprint density at radius 3 is 2.68 bits per heavy atom. The van der Waals surface area contributed by atoms with Crippen LogP contribution in [0.5, 0.6) is 0 Å². The summed E-state index contributed by atoms with van der Waals surface area (Å²) >= 11 is 5.67. The summed E-state index contributed by atoms with van der Waals surface area (Å²) in [6.07, 6.45) is 0. The summed E-state index contributed by atoms with van der Waals surface area (Å²) in [6.45, 7) is 6.41. The van der Waals surface area contributed by atoms with Crippen molar-refractivity contribution in [1.29, 1.82) is 0 Å². The van der Waals surface area contributed by atoms with E-state index in [1.807, 2.05) is 6.92 Å². The minimum absolute atomic E-state index is 0.111. The molecule has 0 fully saturated rings. The highest BCUT2D eigenvalue weighted by molar-refractivity contribution is 6.33. The molecule has 6 heteroatoms. The van der Waals surface area contributed by atoms with Gasteiger partial charge >= 0.3 is 0 Å². The maximum atomic E-state index is 13.0. The molecule has 0 saturated carbocycles. The quantitative estimate of drug-likeness (QED) is 0.497. The zero-order valence-corrected chi connectivity index (χ0v) is 11.2. The first-order valence-electron chi connectivity index (χ1n) is 5.56. The third-order valence-corrected chi connectivity index (χ3v) is 2.45. The summed E-state index contributed by atoms with van der Waals surface area (Å²) in [7, 11) is 0. The number of amides is 1. The summed E-state index contributed by atoms with van der Waals surface area (Å²) in [5.41, 5.74) is 0.760. The number of nitrogens with one attached hydrogen (secondary N) is 1. The second-order valence-corrected chi connectivity index (χ2v) is 4.42. The fourth-order valence-electron chi connectivity index (χ4n) is 1.27. The highest BCUT2D eigenvalue weighted by Crippen LogP contribution is 2.19. The second-order valence-electron chi connectivity index (χ2n) is 4.01. The minimum atomic E-state index is -1.12. The van der Waals surface area contributed by atoms with E-state index in [-0.39, 0.29) is 17.1 Å². The van der Waals surface area contributed by atoms with E-state index in [0.717, 1.165) is 17.7 Å². The highest BCUT2D eigenvalue weighted by Gasteiger charge is 2.14. The molecule has 0 spiro atoms. The normalized spacial score (nSPS) is 10.3. The molecular weight excluding hydrogens is 276 g/mol. The first-order chi connectivity index (χ1) is 8.91. The van der Waals surface area contributed by atoms with Gasteiger partial charge in [-0.2, -0.15) is 0 Å². The van der Waals surface area contributed by atoms with Crippen LogP contribution in [0.25, 0.3) is 0 Å².